The third-order valence-corrected chi connectivity index (χ3v) is 4.81. The molecule has 4 rings (SSSR count). The summed E-state index contributed by atoms with van der Waals surface area (Å²) in [5.41, 5.74) is 1.15. The SMILES string of the molecule is O=C(Nc1cccnc1)[C@H]1C[C@H]2CN(C(=O)Nc3ccc(F)cc3)C[C@H]1O2. The van der Waals surface area contributed by atoms with Gasteiger partial charge in [0.2, 0.25) is 5.91 Å². The number of amides is 3. The van der Waals surface area contributed by atoms with Gasteiger partial charge in [-0.05, 0) is 42.8 Å². The first-order chi connectivity index (χ1) is 13.1. The lowest BCUT2D eigenvalue weighted by atomic mass is 9.99. The van der Waals surface area contributed by atoms with E-state index in [-0.39, 0.29) is 35.9 Å². The van der Waals surface area contributed by atoms with Crippen LogP contribution in [-0.2, 0) is 9.53 Å². The van der Waals surface area contributed by atoms with E-state index in [0.717, 1.165) is 0 Å². The first-order valence-electron chi connectivity index (χ1n) is 8.76. The highest BCUT2D eigenvalue weighted by Gasteiger charge is 2.45. The number of morpholine rings is 1. The van der Waals surface area contributed by atoms with Crippen LogP contribution in [0.5, 0.6) is 0 Å². The number of hydrogen-bond donors (Lipinski definition) is 2. The smallest absolute Gasteiger partial charge is 0.322 e. The zero-order valence-electron chi connectivity index (χ0n) is 14.5. The molecule has 3 atom stereocenters. The minimum Gasteiger partial charge on any atom is -0.370 e. The van der Waals surface area contributed by atoms with Gasteiger partial charge in [-0.3, -0.25) is 9.78 Å². The van der Waals surface area contributed by atoms with E-state index in [1.807, 2.05) is 0 Å². The largest absolute Gasteiger partial charge is 0.370 e. The van der Waals surface area contributed by atoms with Crippen molar-refractivity contribution in [2.24, 2.45) is 5.92 Å². The number of urea groups is 1. The molecule has 0 radical (unpaired) electrons. The zero-order chi connectivity index (χ0) is 18.8. The molecular weight excluding hydrogens is 351 g/mol. The molecule has 0 saturated carbocycles. The molecule has 1 aromatic heterocycles. The van der Waals surface area contributed by atoms with Gasteiger partial charge in [-0.1, -0.05) is 0 Å². The monoisotopic (exact) mass is 370 g/mol. The number of halogens is 1. The van der Waals surface area contributed by atoms with Crippen molar-refractivity contribution < 1.29 is 18.7 Å². The van der Waals surface area contributed by atoms with Crippen molar-refractivity contribution in [3.8, 4) is 0 Å². The maximum absolute atomic E-state index is 13.0. The first kappa shape index (κ1) is 17.4. The topological polar surface area (TPSA) is 83.6 Å². The van der Waals surface area contributed by atoms with Crippen LogP contribution in [0.1, 0.15) is 6.42 Å². The quantitative estimate of drug-likeness (QED) is 0.870. The molecule has 2 saturated heterocycles. The molecule has 1 aromatic carbocycles. The van der Waals surface area contributed by atoms with Gasteiger partial charge < -0.3 is 20.3 Å². The number of anilines is 2. The molecule has 2 aromatic rings. The standard InChI is InChI=1S/C19H19FN4O3/c20-12-3-5-13(6-4-12)23-19(26)24-10-15-8-16(17(11-24)27-15)18(25)22-14-2-1-7-21-9-14/h1-7,9,15-17H,8,10-11H2,(H,22,25)(H,23,26)/t15-,16-,17+/m0/s1. The number of carbonyl (C=O) groups is 2. The Kier molecular flexibility index (Phi) is 4.72. The van der Waals surface area contributed by atoms with Crippen molar-refractivity contribution in [2.75, 3.05) is 23.7 Å². The predicted octanol–water partition coefficient (Wildman–Crippen LogP) is 2.48. The van der Waals surface area contributed by atoms with Gasteiger partial charge in [-0.2, -0.15) is 0 Å². The number of likely N-dealkylation sites (tertiary alicyclic amines) is 1. The highest BCUT2D eigenvalue weighted by atomic mass is 19.1. The van der Waals surface area contributed by atoms with Gasteiger partial charge >= 0.3 is 6.03 Å². The summed E-state index contributed by atoms with van der Waals surface area (Å²) in [4.78, 5) is 30.7. The molecule has 27 heavy (non-hydrogen) atoms. The van der Waals surface area contributed by atoms with Gasteiger partial charge in [0.15, 0.2) is 0 Å². The van der Waals surface area contributed by atoms with Crippen LogP contribution in [0, 0.1) is 11.7 Å². The number of carbonyl (C=O) groups excluding carboxylic acids is 2. The molecule has 2 fully saturated rings. The van der Waals surface area contributed by atoms with Gasteiger partial charge in [0.1, 0.15) is 5.82 Å². The van der Waals surface area contributed by atoms with E-state index >= 15 is 0 Å². The Bertz CT molecular complexity index is 831. The minimum absolute atomic E-state index is 0.128. The Morgan fingerprint density at radius 3 is 2.67 bits per heavy atom. The maximum Gasteiger partial charge on any atom is 0.322 e. The zero-order valence-corrected chi connectivity index (χ0v) is 14.5. The molecular formula is C19H19FN4O3. The van der Waals surface area contributed by atoms with Gasteiger partial charge in [0, 0.05) is 25.0 Å². The van der Waals surface area contributed by atoms with Crippen LogP contribution in [-0.4, -0.2) is 47.1 Å². The lowest BCUT2D eigenvalue weighted by Gasteiger charge is -2.32. The Balaban J connectivity index is 1.37. The van der Waals surface area contributed by atoms with E-state index in [0.29, 0.717) is 30.9 Å². The molecule has 2 aliphatic heterocycles. The summed E-state index contributed by atoms with van der Waals surface area (Å²) >= 11 is 0. The molecule has 8 heteroatoms. The first-order valence-corrected chi connectivity index (χ1v) is 8.76. The van der Waals surface area contributed by atoms with Crippen LogP contribution in [0.4, 0.5) is 20.6 Å². The van der Waals surface area contributed by atoms with Gasteiger partial charge in [-0.15, -0.1) is 0 Å². The number of aromatic nitrogens is 1. The van der Waals surface area contributed by atoms with Crippen molar-refractivity contribution in [3.05, 3.63) is 54.6 Å². The highest BCUT2D eigenvalue weighted by molar-refractivity contribution is 5.93. The molecule has 2 N–H and O–H groups in total. The van der Waals surface area contributed by atoms with Crippen LogP contribution < -0.4 is 10.6 Å². The normalized spacial score (nSPS) is 23.7. The second-order valence-corrected chi connectivity index (χ2v) is 6.71. The second kappa shape index (κ2) is 7.32. The number of benzene rings is 1. The number of nitrogens with zero attached hydrogens (tertiary/aromatic N) is 2. The van der Waals surface area contributed by atoms with Crippen LogP contribution in [0.25, 0.3) is 0 Å². The van der Waals surface area contributed by atoms with Crippen LogP contribution in [0.2, 0.25) is 0 Å². The van der Waals surface area contributed by atoms with E-state index in [1.165, 1.54) is 24.3 Å². The van der Waals surface area contributed by atoms with Crippen molar-refractivity contribution in [1.82, 2.24) is 9.88 Å². The molecule has 2 aliphatic rings. The Morgan fingerprint density at radius 2 is 1.93 bits per heavy atom. The van der Waals surface area contributed by atoms with Gasteiger partial charge in [-0.25, -0.2) is 9.18 Å². The Morgan fingerprint density at radius 1 is 1.11 bits per heavy atom. The lowest BCUT2D eigenvalue weighted by Crippen LogP contribution is -2.49. The molecule has 140 valence electrons. The Labute approximate surface area is 155 Å². The number of hydrogen-bond acceptors (Lipinski definition) is 4. The van der Waals surface area contributed by atoms with Gasteiger partial charge in [0.25, 0.3) is 0 Å². The van der Waals surface area contributed by atoms with E-state index in [2.05, 4.69) is 15.6 Å². The summed E-state index contributed by atoms with van der Waals surface area (Å²) in [5.74, 6) is -0.810. The van der Waals surface area contributed by atoms with Crippen molar-refractivity contribution in [2.45, 2.75) is 18.6 Å². The Hall–Kier alpha value is -3.00. The van der Waals surface area contributed by atoms with Crippen molar-refractivity contribution in [3.63, 3.8) is 0 Å². The predicted molar refractivity (Wildman–Crippen MR) is 96.6 cm³/mol. The average Bonchev–Trinajstić information content (AvgIpc) is 2.98. The minimum atomic E-state index is -0.361. The van der Waals surface area contributed by atoms with E-state index in [1.54, 1.807) is 29.4 Å². The summed E-state index contributed by atoms with van der Waals surface area (Å²) in [6.45, 7) is 0.745. The molecule has 0 unspecified atom stereocenters. The molecule has 0 aliphatic carbocycles. The number of ether oxygens (including phenoxy) is 1. The third kappa shape index (κ3) is 3.90. The highest BCUT2D eigenvalue weighted by Crippen LogP contribution is 2.33. The second-order valence-electron chi connectivity index (χ2n) is 6.71. The number of fused-ring (bicyclic) bond motifs is 2. The maximum atomic E-state index is 13.0. The lowest BCUT2D eigenvalue weighted by molar-refractivity contribution is -0.122. The average molecular weight is 370 g/mol. The third-order valence-electron chi connectivity index (χ3n) is 4.81. The van der Waals surface area contributed by atoms with Crippen molar-refractivity contribution in [1.29, 1.82) is 0 Å². The molecule has 2 bridgehead atoms. The molecule has 0 spiro atoms. The summed E-state index contributed by atoms with van der Waals surface area (Å²) in [6, 6.07) is 8.83. The number of rotatable bonds is 3. The fourth-order valence-electron chi connectivity index (χ4n) is 3.51. The van der Waals surface area contributed by atoms with E-state index in [4.69, 9.17) is 4.74 Å². The summed E-state index contributed by atoms with van der Waals surface area (Å²) in [5, 5.41) is 5.60. The van der Waals surface area contributed by atoms with Crippen LogP contribution in [0.15, 0.2) is 48.8 Å². The van der Waals surface area contributed by atoms with Crippen LogP contribution in [0.3, 0.4) is 0 Å². The fourth-order valence-corrected chi connectivity index (χ4v) is 3.51. The summed E-state index contributed by atoms with van der Waals surface area (Å²) in [7, 11) is 0. The van der Waals surface area contributed by atoms with Crippen molar-refractivity contribution >= 4 is 23.3 Å². The molecule has 3 heterocycles. The van der Waals surface area contributed by atoms with Crippen LogP contribution >= 0.6 is 0 Å². The number of pyridine rings is 1. The van der Waals surface area contributed by atoms with E-state index < -0.39 is 0 Å². The van der Waals surface area contributed by atoms with Gasteiger partial charge in [0.05, 0.1) is 30.0 Å². The molecule has 3 amide bonds. The fraction of sp³-hybridized carbons (Fsp3) is 0.316. The number of nitrogens with one attached hydrogen (secondary N) is 2. The molecule has 7 nitrogen and oxygen atoms in total. The summed E-state index contributed by atoms with van der Waals surface area (Å²) < 4.78 is 18.9. The van der Waals surface area contributed by atoms with E-state index in [9.17, 15) is 14.0 Å². The summed E-state index contributed by atoms with van der Waals surface area (Å²) in [6.07, 6.45) is 3.27.